The van der Waals surface area contributed by atoms with Gasteiger partial charge in [0.25, 0.3) is 0 Å². The number of pyridine rings is 1. The van der Waals surface area contributed by atoms with Crippen LogP contribution in [0.25, 0.3) is 0 Å². The van der Waals surface area contributed by atoms with Crippen LogP contribution in [0.3, 0.4) is 0 Å². The fourth-order valence-corrected chi connectivity index (χ4v) is 2.21. The molecule has 0 fully saturated rings. The van der Waals surface area contributed by atoms with Gasteiger partial charge < -0.3 is 5.11 Å². The molecule has 0 aromatic carbocycles. The Morgan fingerprint density at radius 1 is 1.47 bits per heavy atom. The summed E-state index contributed by atoms with van der Waals surface area (Å²) in [6.45, 7) is 3.42. The number of aromatic nitrogens is 3. The highest BCUT2D eigenvalue weighted by Gasteiger charge is 2.28. The summed E-state index contributed by atoms with van der Waals surface area (Å²) in [5.74, 6) is -0.436. The average Bonchev–Trinajstić information content (AvgIpc) is 2.56. The zero-order valence-electron chi connectivity index (χ0n) is 11.0. The number of aliphatic hydroxyl groups is 1. The van der Waals surface area contributed by atoms with E-state index in [9.17, 15) is 9.50 Å². The maximum Gasteiger partial charge on any atom is 0.141 e. The zero-order valence-corrected chi connectivity index (χ0v) is 11.7. The molecule has 102 valence electrons. The lowest BCUT2D eigenvalue weighted by atomic mass is 9.95. The Labute approximate surface area is 115 Å². The molecule has 1 unspecified atom stereocenters. The lowest BCUT2D eigenvalue weighted by molar-refractivity contribution is 0.0509. The highest BCUT2D eigenvalue weighted by atomic mass is 35.5. The fourth-order valence-electron chi connectivity index (χ4n) is 1.98. The van der Waals surface area contributed by atoms with Gasteiger partial charge in [-0.05, 0) is 26.0 Å². The summed E-state index contributed by atoms with van der Waals surface area (Å²) in [6.07, 6.45) is 1.34. The Hall–Kier alpha value is -1.46. The largest absolute Gasteiger partial charge is 0.383 e. The Kier molecular flexibility index (Phi) is 3.60. The molecule has 6 heteroatoms. The molecule has 2 heterocycles. The molecule has 0 radical (unpaired) electrons. The molecule has 4 nitrogen and oxygen atoms in total. The predicted molar refractivity (Wildman–Crippen MR) is 70.4 cm³/mol. The van der Waals surface area contributed by atoms with E-state index >= 15 is 0 Å². The second-order valence-electron chi connectivity index (χ2n) is 4.78. The molecule has 0 saturated heterocycles. The van der Waals surface area contributed by atoms with Crippen molar-refractivity contribution in [1.82, 2.24) is 14.8 Å². The third-order valence-electron chi connectivity index (χ3n) is 3.05. The molecular weight excluding hydrogens is 269 g/mol. The van der Waals surface area contributed by atoms with E-state index in [2.05, 4.69) is 10.1 Å². The second-order valence-corrected chi connectivity index (χ2v) is 5.16. The molecule has 2 aromatic rings. The molecule has 0 aliphatic carbocycles. The highest BCUT2D eigenvalue weighted by molar-refractivity contribution is 6.31. The van der Waals surface area contributed by atoms with Gasteiger partial charge in [0.2, 0.25) is 0 Å². The molecule has 0 aliphatic heterocycles. The topological polar surface area (TPSA) is 50.9 Å². The van der Waals surface area contributed by atoms with Gasteiger partial charge in [0.05, 0.1) is 28.3 Å². The van der Waals surface area contributed by atoms with Gasteiger partial charge in [-0.25, -0.2) is 4.39 Å². The highest BCUT2D eigenvalue weighted by Crippen LogP contribution is 2.28. The van der Waals surface area contributed by atoms with Gasteiger partial charge in [-0.3, -0.25) is 9.67 Å². The van der Waals surface area contributed by atoms with Crippen LogP contribution in [0.2, 0.25) is 5.02 Å². The van der Waals surface area contributed by atoms with E-state index < -0.39 is 11.4 Å². The SMILES string of the molecule is Cc1nn(C)c(CC(C)(O)c2ccc(F)cn2)c1Cl. The van der Waals surface area contributed by atoms with Crippen molar-refractivity contribution in [2.75, 3.05) is 0 Å². The molecule has 19 heavy (non-hydrogen) atoms. The summed E-state index contributed by atoms with van der Waals surface area (Å²) in [5, 5.41) is 15.2. The molecule has 2 rings (SSSR count). The first kappa shape index (κ1) is 14.0. The minimum absolute atomic E-state index is 0.252. The number of halogens is 2. The molecule has 2 aromatic heterocycles. The predicted octanol–water partition coefficient (Wildman–Crippen LogP) is 2.37. The van der Waals surface area contributed by atoms with Crippen LogP contribution in [0, 0.1) is 12.7 Å². The first-order chi connectivity index (χ1) is 8.81. The summed E-state index contributed by atoms with van der Waals surface area (Å²) in [6, 6.07) is 2.74. The summed E-state index contributed by atoms with van der Waals surface area (Å²) in [7, 11) is 1.77. The summed E-state index contributed by atoms with van der Waals surface area (Å²) >= 11 is 6.16. The minimum Gasteiger partial charge on any atom is -0.383 e. The van der Waals surface area contributed by atoms with Crippen LogP contribution in [-0.2, 0) is 19.1 Å². The quantitative estimate of drug-likeness (QED) is 0.941. The third kappa shape index (κ3) is 2.77. The third-order valence-corrected chi connectivity index (χ3v) is 3.54. The van der Waals surface area contributed by atoms with Crippen LogP contribution in [0.15, 0.2) is 18.3 Å². The maximum atomic E-state index is 12.9. The second kappa shape index (κ2) is 4.90. The normalized spacial score (nSPS) is 14.4. The van der Waals surface area contributed by atoms with E-state index in [0.717, 1.165) is 11.9 Å². The van der Waals surface area contributed by atoms with Crippen molar-refractivity contribution in [1.29, 1.82) is 0 Å². The van der Waals surface area contributed by atoms with E-state index in [1.807, 2.05) is 0 Å². The van der Waals surface area contributed by atoms with Crippen molar-refractivity contribution in [3.8, 4) is 0 Å². The van der Waals surface area contributed by atoms with Crippen LogP contribution >= 0.6 is 11.6 Å². The van der Waals surface area contributed by atoms with Gasteiger partial charge in [-0.15, -0.1) is 0 Å². The van der Waals surface area contributed by atoms with Crippen molar-refractivity contribution in [2.24, 2.45) is 7.05 Å². The van der Waals surface area contributed by atoms with Crippen LogP contribution in [0.1, 0.15) is 24.0 Å². The van der Waals surface area contributed by atoms with Crippen LogP contribution in [0.4, 0.5) is 4.39 Å². The Morgan fingerprint density at radius 2 is 2.16 bits per heavy atom. The lowest BCUT2D eigenvalue weighted by Gasteiger charge is -2.22. The zero-order chi connectivity index (χ0) is 14.2. The Bertz CT molecular complexity index is 593. The number of hydrogen-bond donors (Lipinski definition) is 1. The van der Waals surface area contributed by atoms with E-state index in [1.54, 1.807) is 25.6 Å². The Balaban J connectivity index is 2.33. The molecule has 0 amide bonds. The molecular formula is C13H15ClFN3O. The van der Waals surface area contributed by atoms with Crippen molar-refractivity contribution in [3.05, 3.63) is 46.3 Å². The van der Waals surface area contributed by atoms with Crippen molar-refractivity contribution >= 4 is 11.6 Å². The molecule has 0 spiro atoms. The van der Waals surface area contributed by atoms with Crippen LogP contribution < -0.4 is 0 Å². The van der Waals surface area contributed by atoms with Crippen LogP contribution in [-0.4, -0.2) is 19.9 Å². The van der Waals surface area contributed by atoms with E-state index in [-0.39, 0.29) is 6.42 Å². The van der Waals surface area contributed by atoms with Crippen molar-refractivity contribution < 1.29 is 9.50 Å². The van der Waals surface area contributed by atoms with Crippen molar-refractivity contribution in [3.63, 3.8) is 0 Å². The van der Waals surface area contributed by atoms with Crippen molar-refractivity contribution in [2.45, 2.75) is 25.9 Å². The van der Waals surface area contributed by atoms with E-state index in [1.165, 1.54) is 12.1 Å². The minimum atomic E-state index is -1.24. The molecule has 0 saturated carbocycles. The first-order valence-corrected chi connectivity index (χ1v) is 6.21. The molecule has 0 bridgehead atoms. The number of hydrogen-bond acceptors (Lipinski definition) is 3. The van der Waals surface area contributed by atoms with Gasteiger partial charge in [0.1, 0.15) is 11.4 Å². The van der Waals surface area contributed by atoms with E-state index in [0.29, 0.717) is 16.4 Å². The first-order valence-electron chi connectivity index (χ1n) is 5.83. The molecule has 0 aliphatic rings. The summed E-state index contributed by atoms with van der Waals surface area (Å²) in [4.78, 5) is 3.91. The average molecular weight is 284 g/mol. The van der Waals surface area contributed by atoms with Gasteiger partial charge in [0.15, 0.2) is 0 Å². The number of nitrogens with zero attached hydrogens (tertiary/aromatic N) is 3. The summed E-state index contributed by atoms with van der Waals surface area (Å²) in [5.41, 5.74) is 0.582. The smallest absolute Gasteiger partial charge is 0.141 e. The van der Waals surface area contributed by atoms with Gasteiger partial charge >= 0.3 is 0 Å². The fraction of sp³-hybridized carbons (Fsp3) is 0.385. The maximum absolute atomic E-state index is 12.9. The number of aryl methyl sites for hydroxylation is 2. The molecule has 1 atom stereocenters. The van der Waals surface area contributed by atoms with Gasteiger partial charge in [0, 0.05) is 13.5 Å². The number of rotatable bonds is 3. The van der Waals surface area contributed by atoms with Crippen LogP contribution in [0.5, 0.6) is 0 Å². The van der Waals surface area contributed by atoms with E-state index in [4.69, 9.17) is 11.6 Å². The summed E-state index contributed by atoms with van der Waals surface area (Å²) < 4.78 is 14.5. The molecule has 1 N–H and O–H groups in total. The Morgan fingerprint density at radius 3 is 2.63 bits per heavy atom. The van der Waals surface area contributed by atoms with Gasteiger partial charge in [-0.1, -0.05) is 11.6 Å². The van der Waals surface area contributed by atoms with Gasteiger partial charge in [-0.2, -0.15) is 5.10 Å². The lowest BCUT2D eigenvalue weighted by Crippen LogP contribution is -2.27. The standard InChI is InChI=1S/C13H15ClFN3O/c1-8-12(14)10(18(3)17-8)6-13(2,19)11-5-4-9(15)7-16-11/h4-5,7,19H,6H2,1-3H3. The monoisotopic (exact) mass is 283 g/mol.